The van der Waals surface area contributed by atoms with E-state index in [0.29, 0.717) is 10.1 Å². The molecular formula is C16H19BrN4O2S. The van der Waals surface area contributed by atoms with Crippen LogP contribution in [0.4, 0.5) is 5.13 Å². The maximum absolute atomic E-state index is 12.5. The van der Waals surface area contributed by atoms with Crippen molar-refractivity contribution in [2.24, 2.45) is 5.92 Å². The minimum Gasteiger partial charge on any atom is -0.344 e. The van der Waals surface area contributed by atoms with Gasteiger partial charge in [0.1, 0.15) is 11.0 Å². The summed E-state index contributed by atoms with van der Waals surface area (Å²) in [4.78, 5) is 23.8. The normalized spacial score (nSPS) is 13.2. The standard InChI is InChI=1S/C16H19BrN4O2S/c1-4-9(2)13(18-10(3)22)14(23)19-16-21-20-15(24-16)11-6-5-7-12(17)8-11/h5-9,13H,4H2,1-3H3,(H,18,22)(H,19,21,23). The smallest absolute Gasteiger partial charge is 0.249 e. The van der Waals surface area contributed by atoms with Crippen LogP contribution in [0.5, 0.6) is 0 Å². The molecule has 6 nitrogen and oxygen atoms in total. The topological polar surface area (TPSA) is 84.0 Å². The minimum atomic E-state index is -0.592. The number of carbonyl (C=O) groups excluding carboxylic acids is 2. The molecule has 2 N–H and O–H groups in total. The highest BCUT2D eigenvalue weighted by Crippen LogP contribution is 2.28. The Kier molecular flexibility index (Phi) is 6.44. The third-order valence-electron chi connectivity index (χ3n) is 3.58. The van der Waals surface area contributed by atoms with Crippen LogP contribution in [0.1, 0.15) is 27.2 Å². The molecule has 0 saturated heterocycles. The molecule has 2 atom stereocenters. The summed E-state index contributed by atoms with van der Waals surface area (Å²) < 4.78 is 0.947. The van der Waals surface area contributed by atoms with Gasteiger partial charge in [-0.2, -0.15) is 0 Å². The molecule has 0 fully saturated rings. The van der Waals surface area contributed by atoms with Crippen LogP contribution in [0.15, 0.2) is 28.7 Å². The Hall–Kier alpha value is -1.80. The monoisotopic (exact) mass is 410 g/mol. The van der Waals surface area contributed by atoms with Crippen LogP contribution < -0.4 is 10.6 Å². The van der Waals surface area contributed by atoms with Crippen LogP contribution in [0.3, 0.4) is 0 Å². The van der Waals surface area contributed by atoms with Crippen molar-refractivity contribution in [2.45, 2.75) is 33.2 Å². The van der Waals surface area contributed by atoms with Crippen molar-refractivity contribution in [2.75, 3.05) is 5.32 Å². The van der Waals surface area contributed by atoms with Crippen LogP contribution >= 0.6 is 27.3 Å². The van der Waals surface area contributed by atoms with Crippen molar-refractivity contribution in [1.29, 1.82) is 0 Å². The van der Waals surface area contributed by atoms with E-state index in [1.54, 1.807) is 0 Å². The molecule has 2 aromatic rings. The molecule has 0 aliphatic rings. The summed E-state index contributed by atoms with van der Waals surface area (Å²) in [6.45, 7) is 5.30. The predicted octanol–water partition coefficient (Wildman–Crippen LogP) is 3.46. The minimum absolute atomic E-state index is 0.0198. The summed E-state index contributed by atoms with van der Waals surface area (Å²) in [6, 6.07) is 7.11. The van der Waals surface area contributed by atoms with Crippen molar-refractivity contribution in [1.82, 2.24) is 15.5 Å². The molecule has 2 rings (SSSR count). The second-order valence-corrected chi connectivity index (χ2v) is 7.37. The molecule has 8 heteroatoms. The van der Waals surface area contributed by atoms with E-state index < -0.39 is 6.04 Å². The van der Waals surface area contributed by atoms with E-state index in [4.69, 9.17) is 0 Å². The van der Waals surface area contributed by atoms with Gasteiger partial charge in [-0.15, -0.1) is 10.2 Å². The lowest BCUT2D eigenvalue weighted by Crippen LogP contribution is -2.46. The largest absolute Gasteiger partial charge is 0.344 e. The average molecular weight is 411 g/mol. The molecule has 0 radical (unpaired) electrons. The van der Waals surface area contributed by atoms with Gasteiger partial charge < -0.3 is 5.32 Å². The van der Waals surface area contributed by atoms with Crippen LogP contribution in [-0.4, -0.2) is 28.1 Å². The quantitative estimate of drug-likeness (QED) is 0.763. The van der Waals surface area contributed by atoms with Gasteiger partial charge in [0.2, 0.25) is 16.9 Å². The first-order chi connectivity index (χ1) is 11.4. The lowest BCUT2D eigenvalue weighted by Gasteiger charge is -2.22. The van der Waals surface area contributed by atoms with Crippen LogP contribution in [0.25, 0.3) is 10.6 Å². The number of aromatic nitrogens is 2. The number of rotatable bonds is 6. The number of carbonyl (C=O) groups is 2. The molecule has 128 valence electrons. The van der Waals surface area contributed by atoms with E-state index in [0.717, 1.165) is 16.5 Å². The summed E-state index contributed by atoms with van der Waals surface area (Å²) >= 11 is 4.71. The van der Waals surface area contributed by atoms with Crippen molar-refractivity contribution < 1.29 is 9.59 Å². The van der Waals surface area contributed by atoms with E-state index in [1.165, 1.54) is 18.3 Å². The van der Waals surface area contributed by atoms with E-state index in [9.17, 15) is 9.59 Å². The van der Waals surface area contributed by atoms with Gasteiger partial charge in [-0.1, -0.05) is 59.7 Å². The van der Waals surface area contributed by atoms with Gasteiger partial charge in [0.25, 0.3) is 0 Å². The van der Waals surface area contributed by atoms with Crippen molar-refractivity contribution >= 4 is 44.2 Å². The zero-order valence-electron chi connectivity index (χ0n) is 13.7. The van der Waals surface area contributed by atoms with E-state index >= 15 is 0 Å². The molecule has 0 saturated carbocycles. The zero-order chi connectivity index (χ0) is 17.7. The Morgan fingerprint density at radius 1 is 1.33 bits per heavy atom. The summed E-state index contributed by atoms with van der Waals surface area (Å²) in [5.41, 5.74) is 0.919. The summed E-state index contributed by atoms with van der Waals surface area (Å²) in [5, 5.41) is 14.7. The highest BCUT2D eigenvalue weighted by Gasteiger charge is 2.25. The SMILES string of the molecule is CCC(C)C(NC(C)=O)C(=O)Nc1nnc(-c2cccc(Br)c2)s1. The Morgan fingerprint density at radius 3 is 2.71 bits per heavy atom. The molecule has 0 aliphatic carbocycles. The first-order valence-electron chi connectivity index (χ1n) is 7.58. The molecule has 0 aliphatic heterocycles. The number of halogens is 1. The number of benzene rings is 1. The van der Waals surface area contributed by atoms with E-state index in [1.807, 2.05) is 38.1 Å². The Balaban J connectivity index is 2.12. The number of nitrogens with zero attached hydrogens (tertiary/aromatic N) is 2. The van der Waals surface area contributed by atoms with E-state index in [-0.39, 0.29) is 17.7 Å². The first kappa shape index (κ1) is 18.5. The second kappa shape index (κ2) is 8.34. The third kappa shape index (κ3) is 4.85. The summed E-state index contributed by atoms with van der Waals surface area (Å²) in [7, 11) is 0. The van der Waals surface area contributed by atoms with Crippen molar-refractivity contribution in [3.63, 3.8) is 0 Å². The Bertz CT molecular complexity index is 734. The number of nitrogens with one attached hydrogen (secondary N) is 2. The van der Waals surface area contributed by atoms with Gasteiger partial charge in [-0.05, 0) is 18.1 Å². The molecule has 0 bridgehead atoms. The van der Waals surface area contributed by atoms with Gasteiger partial charge in [0.15, 0.2) is 0 Å². The van der Waals surface area contributed by atoms with E-state index in [2.05, 4.69) is 36.8 Å². The lowest BCUT2D eigenvalue weighted by atomic mass is 9.98. The molecular weight excluding hydrogens is 392 g/mol. The molecule has 2 unspecified atom stereocenters. The highest BCUT2D eigenvalue weighted by atomic mass is 79.9. The maximum atomic E-state index is 12.5. The average Bonchev–Trinajstić information content (AvgIpc) is 3.00. The van der Waals surface area contributed by atoms with Gasteiger partial charge in [0.05, 0.1) is 0 Å². The molecule has 2 amide bonds. The highest BCUT2D eigenvalue weighted by molar-refractivity contribution is 9.10. The zero-order valence-corrected chi connectivity index (χ0v) is 16.1. The van der Waals surface area contributed by atoms with Gasteiger partial charge in [-0.3, -0.25) is 14.9 Å². The lowest BCUT2D eigenvalue weighted by molar-refractivity contribution is -0.126. The van der Waals surface area contributed by atoms with Gasteiger partial charge >= 0.3 is 0 Å². The molecule has 0 spiro atoms. The summed E-state index contributed by atoms with van der Waals surface area (Å²) in [5.74, 6) is -0.495. The van der Waals surface area contributed by atoms with Crippen LogP contribution in [-0.2, 0) is 9.59 Å². The Labute approximate surface area is 153 Å². The predicted molar refractivity (Wildman–Crippen MR) is 98.7 cm³/mol. The molecule has 1 aromatic heterocycles. The number of hydrogen-bond donors (Lipinski definition) is 2. The molecule has 24 heavy (non-hydrogen) atoms. The van der Waals surface area contributed by atoms with Crippen LogP contribution in [0, 0.1) is 5.92 Å². The van der Waals surface area contributed by atoms with Crippen LogP contribution in [0.2, 0.25) is 0 Å². The fraction of sp³-hybridized carbons (Fsp3) is 0.375. The maximum Gasteiger partial charge on any atom is 0.249 e. The number of hydrogen-bond acceptors (Lipinski definition) is 5. The summed E-state index contributed by atoms with van der Waals surface area (Å²) in [6.07, 6.45) is 0.776. The van der Waals surface area contributed by atoms with Crippen molar-refractivity contribution in [3.05, 3.63) is 28.7 Å². The number of anilines is 1. The Morgan fingerprint density at radius 2 is 2.08 bits per heavy atom. The molecule has 1 aromatic carbocycles. The second-order valence-electron chi connectivity index (χ2n) is 5.48. The first-order valence-corrected chi connectivity index (χ1v) is 9.19. The molecule has 1 heterocycles. The van der Waals surface area contributed by atoms with Gasteiger partial charge in [0, 0.05) is 17.0 Å². The fourth-order valence-electron chi connectivity index (χ4n) is 2.12. The van der Waals surface area contributed by atoms with Crippen molar-refractivity contribution in [3.8, 4) is 10.6 Å². The fourth-order valence-corrected chi connectivity index (χ4v) is 3.26. The van der Waals surface area contributed by atoms with Gasteiger partial charge in [-0.25, -0.2) is 0 Å². The number of amides is 2. The third-order valence-corrected chi connectivity index (χ3v) is 4.96.